The first-order valence-electron chi connectivity index (χ1n) is 14.1. The van der Waals surface area contributed by atoms with E-state index in [4.69, 9.17) is 4.74 Å². The topological polar surface area (TPSA) is 103 Å². The maximum Gasteiger partial charge on any atom is 0.323 e. The van der Waals surface area contributed by atoms with Gasteiger partial charge in [0.1, 0.15) is 41.8 Å². The lowest BCUT2D eigenvalue weighted by atomic mass is 9.84. The Morgan fingerprint density at radius 1 is 0.935 bits per heavy atom. The van der Waals surface area contributed by atoms with Crippen LogP contribution in [-0.4, -0.2) is 36.1 Å². The van der Waals surface area contributed by atoms with Crippen LogP contribution in [0.2, 0.25) is 0 Å². The number of ketones is 1. The van der Waals surface area contributed by atoms with Gasteiger partial charge in [-0.25, -0.2) is 13.5 Å². The molecule has 1 N–H and O–H groups in total. The van der Waals surface area contributed by atoms with Gasteiger partial charge in [0, 0.05) is 35.4 Å². The first kappa shape index (κ1) is 32.0. The van der Waals surface area contributed by atoms with Crippen LogP contribution in [0.4, 0.5) is 17.6 Å². The number of nitrogens with zero attached hydrogens (tertiary/aromatic N) is 5. The molecule has 0 radical (unpaired) electrons. The zero-order valence-electron chi connectivity index (χ0n) is 24.5. The van der Waals surface area contributed by atoms with Gasteiger partial charge in [-0.1, -0.05) is 36.1 Å². The summed E-state index contributed by atoms with van der Waals surface area (Å²) in [6.07, 6.45) is 3.30. The fourth-order valence-corrected chi connectivity index (χ4v) is 4.60. The highest BCUT2D eigenvalue weighted by atomic mass is 19.3. The highest BCUT2D eigenvalue weighted by Gasteiger charge is 2.58. The molecule has 0 aliphatic carbocycles. The number of carbonyl (C=O) groups is 1. The molecule has 0 aliphatic rings. The molecule has 5 rings (SSSR count). The lowest BCUT2D eigenvalue weighted by Gasteiger charge is -2.35. The van der Waals surface area contributed by atoms with Crippen LogP contribution < -0.4 is 4.74 Å². The molecule has 0 spiro atoms. The molecule has 0 amide bonds. The predicted molar refractivity (Wildman–Crippen MR) is 158 cm³/mol. The fourth-order valence-electron chi connectivity index (χ4n) is 4.60. The van der Waals surface area contributed by atoms with Crippen molar-refractivity contribution in [2.24, 2.45) is 0 Å². The van der Waals surface area contributed by atoms with Gasteiger partial charge in [0.25, 0.3) is 0 Å². The second-order valence-electron chi connectivity index (χ2n) is 10.6. The Hall–Kier alpha value is -5.41. The molecule has 46 heavy (non-hydrogen) atoms. The highest BCUT2D eigenvalue weighted by Crippen LogP contribution is 2.46. The normalized spacial score (nSPS) is 12.6. The number of rotatable bonds is 11. The summed E-state index contributed by atoms with van der Waals surface area (Å²) in [5.41, 5.74) is -1.94. The zero-order valence-corrected chi connectivity index (χ0v) is 24.5. The summed E-state index contributed by atoms with van der Waals surface area (Å²) in [4.78, 5) is 15.0. The van der Waals surface area contributed by atoms with Gasteiger partial charge in [0.05, 0.1) is 6.54 Å². The van der Waals surface area contributed by atoms with Crippen LogP contribution in [0.3, 0.4) is 0 Å². The molecular weight excluding hydrogens is 602 g/mol. The number of Topliss-reactive ketones (excluding diaryl/α,β-unsaturated/α-hetero) is 1. The number of aryl methyl sites for hydroxylation is 1. The van der Waals surface area contributed by atoms with Crippen LogP contribution in [-0.2, 0) is 35.9 Å². The molecule has 3 aromatic carbocycles. The van der Waals surface area contributed by atoms with Crippen molar-refractivity contribution in [3.63, 3.8) is 0 Å². The monoisotopic (exact) mass is 629 g/mol. The zero-order chi connectivity index (χ0) is 32.7. The molecule has 2 aromatic heterocycles. The van der Waals surface area contributed by atoms with E-state index in [1.807, 2.05) is 24.3 Å². The van der Waals surface area contributed by atoms with Gasteiger partial charge in [-0.3, -0.25) is 4.98 Å². The first-order valence-corrected chi connectivity index (χ1v) is 14.1. The largest absolute Gasteiger partial charge is 0.489 e. The van der Waals surface area contributed by atoms with Crippen molar-refractivity contribution in [1.82, 2.24) is 25.2 Å². The number of carbonyl (C=O) groups excluding carboxylic acids is 1. The van der Waals surface area contributed by atoms with Gasteiger partial charge in [-0.15, -0.1) is 5.10 Å². The van der Waals surface area contributed by atoms with Crippen molar-refractivity contribution in [3.05, 3.63) is 137 Å². The van der Waals surface area contributed by atoms with Crippen LogP contribution in [0.15, 0.2) is 91.4 Å². The SMILES string of the molecule is CC(=O)CCc1ccc(COc2ccc(C#Cc3ccc(C(F)(F)C(O)(Cn4cnnn4)c4ccc(F)cc4F)nc3)cc2)cc1. The van der Waals surface area contributed by atoms with E-state index in [9.17, 15) is 18.7 Å². The molecule has 2 heterocycles. The third-order valence-corrected chi connectivity index (χ3v) is 7.16. The highest BCUT2D eigenvalue weighted by molar-refractivity contribution is 5.75. The molecule has 0 fully saturated rings. The molecule has 12 heteroatoms. The third-order valence-electron chi connectivity index (χ3n) is 7.16. The maximum absolute atomic E-state index is 15.9. The first-order chi connectivity index (χ1) is 22.0. The van der Waals surface area contributed by atoms with E-state index in [1.165, 1.54) is 6.07 Å². The van der Waals surface area contributed by atoms with E-state index >= 15 is 8.78 Å². The Bertz CT molecular complexity index is 1850. The Kier molecular flexibility index (Phi) is 9.53. The van der Waals surface area contributed by atoms with Crippen molar-refractivity contribution >= 4 is 5.78 Å². The lowest BCUT2D eigenvalue weighted by molar-refractivity contribution is -0.207. The van der Waals surface area contributed by atoms with E-state index in [0.29, 0.717) is 42.4 Å². The molecule has 1 unspecified atom stereocenters. The van der Waals surface area contributed by atoms with E-state index in [1.54, 1.807) is 31.2 Å². The molecule has 1 atom stereocenters. The summed E-state index contributed by atoms with van der Waals surface area (Å²) in [6.45, 7) is 0.984. The Morgan fingerprint density at radius 3 is 2.26 bits per heavy atom. The number of halogens is 4. The van der Waals surface area contributed by atoms with Crippen LogP contribution in [0, 0.1) is 23.5 Å². The van der Waals surface area contributed by atoms with Crippen LogP contribution in [0.25, 0.3) is 0 Å². The van der Waals surface area contributed by atoms with Gasteiger partial charge in [0.15, 0.2) is 5.60 Å². The number of alkyl halides is 2. The standard InChI is InChI=1S/C34H27F4N5O3/c1-23(44)2-3-24-5-8-27(9-6-24)20-46-29-14-10-25(11-15-29)4-7-26-12-17-32(39-19-26)34(37,38)33(45,21-43-22-40-41-42-43)30-16-13-28(35)18-31(30)36/h5-6,8-19,22,45H,2-3,20-21H2,1H3. The quantitative estimate of drug-likeness (QED) is 0.152. The Labute approximate surface area is 261 Å². The van der Waals surface area contributed by atoms with Crippen molar-refractivity contribution in [1.29, 1.82) is 0 Å². The smallest absolute Gasteiger partial charge is 0.323 e. The van der Waals surface area contributed by atoms with Gasteiger partial charge >= 0.3 is 5.92 Å². The predicted octanol–water partition coefficient (Wildman–Crippen LogP) is 5.53. The van der Waals surface area contributed by atoms with Crippen molar-refractivity contribution in [2.45, 2.75) is 44.4 Å². The van der Waals surface area contributed by atoms with Crippen molar-refractivity contribution < 1.29 is 32.2 Å². The third kappa shape index (κ3) is 7.44. The molecule has 0 saturated carbocycles. The van der Waals surface area contributed by atoms with Gasteiger partial charge in [0.2, 0.25) is 0 Å². The van der Waals surface area contributed by atoms with E-state index < -0.39 is 41.0 Å². The molecule has 234 valence electrons. The summed E-state index contributed by atoms with van der Waals surface area (Å²) < 4.78 is 66.7. The maximum atomic E-state index is 15.9. The fraction of sp³-hybridized carbons (Fsp3) is 0.206. The summed E-state index contributed by atoms with van der Waals surface area (Å²) in [7, 11) is 0. The van der Waals surface area contributed by atoms with E-state index in [-0.39, 0.29) is 5.78 Å². The molecule has 0 aliphatic heterocycles. The van der Waals surface area contributed by atoms with E-state index in [2.05, 4.69) is 32.4 Å². The minimum absolute atomic E-state index is 0.154. The number of pyridine rings is 1. The van der Waals surface area contributed by atoms with Gasteiger partial charge in [-0.05, 0) is 83.4 Å². The minimum atomic E-state index is -4.17. The van der Waals surface area contributed by atoms with E-state index in [0.717, 1.165) is 46.5 Å². The Balaban J connectivity index is 1.26. The summed E-state index contributed by atoms with van der Waals surface area (Å²) in [5.74, 6) is 0.0222. The molecule has 8 nitrogen and oxygen atoms in total. The molecule has 0 bridgehead atoms. The summed E-state index contributed by atoms with van der Waals surface area (Å²) >= 11 is 0. The van der Waals surface area contributed by atoms with Crippen LogP contribution in [0.1, 0.15) is 46.9 Å². The van der Waals surface area contributed by atoms with Gasteiger partial charge in [-0.2, -0.15) is 8.78 Å². The summed E-state index contributed by atoms with van der Waals surface area (Å²) in [6, 6.07) is 19.1. The average molecular weight is 630 g/mol. The van der Waals surface area contributed by atoms with Gasteiger partial charge < -0.3 is 14.6 Å². The number of aromatic nitrogens is 5. The second kappa shape index (κ2) is 13.7. The average Bonchev–Trinajstić information content (AvgIpc) is 3.55. The number of hydrogen-bond acceptors (Lipinski definition) is 7. The van der Waals surface area contributed by atoms with Crippen LogP contribution >= 0.6 is 0 Å². The van der Waals surface area contributed by atoms with Crippen molar-refractivity contribution in [3.8, 4) is 17.6 Å². The number of tetrazole rings is 1. The number of ether oxygens (including phenoxy) is 1. The number of hydrogen-bond donors (Lipinski definition) is 1. The summed E-state index contributed by atoms with van der Waals surface area (Å²) in [5, 5.41) is 21.5. The Morgan fingerprint density at radius 2 is 1.63 bits per heavy atom. The molecule has 0 saturated heterocycles. The molecular formula is C34H27F4N5O3. The number of aliphatic hydroxyl groups is 1. The lowest BCUT2D eigenvalue weighted by Crippen LogP contribution is -2.48. The van der Waals surface area contributed by atoms with Crippen LogP contribution in [0.5, 0.6) is 5.75 Å². The molecule has 5 aromatic rings. The second-order valence-corrected chi connectivity index (χ2v) is 10.6. The number of benzene rings is 3. The minimum Gasteiger partial charge on any atom is -0.489 e. The van der Waals surface area contributed by atoms with Crippen molar-refractivity contribution in [2.75, 3.05) is 0 Å².